The molecule has 10 heteroatoms. The average Bonchev–Trinajstić information content (AvgIpc) is 2.55. The molecule has 7 nitrogen and oxygen atoms in total. The molecule has 0 saturated carbocycles. The van der Waals surface area contributed by atoms with E-state index in [9.17, 15) is 22.4 Å². The molecule has 2 N–H and O–H groups in total. The molecule has 2 aromatic rings. The molecule has 0 atom stereocenters. The van der Waals surface area contributed by atoms with E-state index >= 15 is 0 Å². The minimum Gasteiger partial charge on any atom is -0.480 e. The summed E-state index contributed by atoms with van der Waals surface area (Å²) < 4.78 is 39.6. The van der Waals surface area contributed by atoms with Crippen molar-refractivity contribution in [2.24, 2.45) is 0 Å². The van der Waals surface area contributed by atoms with E-state index in [1.54, 1.807) is 0 Å². The number of amides is 1. The molecule has 0 aliphatic rings. The highest BCUT2D eigenvalue weighted by Gasteiger charge is 2.27. The maximum absolute atomic E-state index is 13.3. The van der Waals surface area contributed by atoms with Crippen molar-refractivity contribution >= 4 is 44.9 Å². The monoisotopic (exact) mass is 400 g/mol. The first-order valence-corrected chi connectivity index (χ1v) is 9.00. The minimum absolute atomic E-state index is 0.0928. The lowest BCUT2D eigenvalue weighted by atomic mass is 10.3. The maximum Gasteiger partial charge on any atom is 0.324 e. The zero-order valence-corrected chi connectivity index (χ0v) is 15.0. The van der Waals surface area contributed by atoms with Crippen molar-refractivity contribution in [2.75, 3.05) is 16.2 Å². The van der Waals surface area contributed by atoms with Crippen LogP contribution in [0.1, 0.15) is 6.92 Å². The van der Waals surface area contributed by atoms with Crippen LogP contribution in [0.4, 0.5) is 15.8 Å². The van der Waals surface area contributed by atoms with Crippen LogP contribution in [0.15, 0.2) is 47.4 Å². The number of aliphatic carboxylic acids is 1. The van der Waals surface area contributed by atoms with Crippen LogP contribution in [-0.4, -0.2) is 31.9 Å². The van der Waals surface area contributed by atoms with E-state index in [2.05, 4.69) is 5.32 Å². The Kier molecular flexibility index (Phi) is 5.83. The van der Waals surface area contributed by atoms with Crippen molar-refractivity contribution < 1.29 is 27.5 Å². The summed E-state index contributed by atoms with van der Waals surface area (Å²) in [7, 11) is -4.27. The molecular formula is C16H14ClFN2O5S. The van der Waals surface area contributed by atoms with Crippen LogP contribution >= 0.6 is 11.6 Å². The van der Waals surface area contributed by atoms with E-state index in [0.29, 0.717) is 9.99 Å². The Hall–Kier alpha value is -2.65. The number of carbonyl (C=O) groups is 2. The average molecular weight is 401 g/mol. The van der Waals surface area contributed by atoms with E-state index < -0.39 is 28.4 Å². The summed E-state index contributed by atoms with van der Waals surface area (Å²) in [5.41, 5.74) is 0.288. The number of carboxylic acid groups (broad SMARTS) is 1. The molecule has 2 aromatic carbocycles. The first-order chi connectivity index (χ1) is 12.1. The van der Waals surface area contributed by atoms with Crippen LogP contribution in [-0.2, 0) is 19.6 Å². The van der Waals surface area contributed by atoms with Gasteiger partial charge in [-0.3, -0.25) is 13.9 Å². The highest BCUT2D eigenvalue weighted by atomic mass is 35.5. The molecule has 1 amide bonds. The van der Waals surface area contributed by atoms with Gasteiger partial charge in [-0.25, -0.2) is 12.8 Å². The summed E-state index contributed by atoms with van der Waals surface area (Å²) in [5, 5.41) is 11.2. The summed E-state index contributed by atoms with van der Waals surface area (Å²) in [6.45, 7) is 0.426. The number of carbonyl (C=O) groups excluding carboxylic acids is 1. The highest BCUT2D eigenvalue weighted by molar-refractivity contribution is 7.92. The van der Waals surface area contributed by atoms with Gasteiger partial charge in [0.15, 0.2) is 0 Å². The number of hydrogen-bond acceptors (Lipinski definition) is 4. The van der Waals surface area contributed by atoms with Gasteiger partial charge < -0.3 is 10.4 Å². The second-order valence-corrected chi connectivity index (χ2v) is 7.48. The number of anilines is 2. The molecular weight excluding hydrogens is 387 g/mol. The first-order valence-electron chi connectivity index (χ1n) is 7.18. The summed E-state index contributed by atoms with van der Waals surface area (Å²) in [4.78, 5) is 21.9. The van der Waals surface area contributed by atoms with Gasteiger partial charge in [0.05, 0.1) is 15.6 Å². The third-order valence-corrected chi connectivity index (χ3v) is 5.31. The number of hydrogen-bond donors (Lipinski definition) is 2. The van der Waals surface area contributed by atoms with E-state index in [1.165, 1.54) is 31.2 Å². The lowest BCUT2D eigenvalue weighted by Gasteiger charge is -2.23. The highest BCUT2D eigenvalue weighted by Crippen LogP contribution is 2.28. The standard InChI is InChI=1S/C16H14ClFN2O5S/c1-10(21)19-11-2-5-13(6-3-11)26(24,25)20(9-16(22)23)12-4-7-15(18)14(17)8-12/h2-8H,9H2,1H3,(H,19,21)(H,22,23). The third kappa shape index (κ3) is 4.50. The summed E-state index contributed by atoms with van der Waals surface area (Å²) in [6, 6.07) is 8.27. The SMILES string of the molecule is CC(=O)Nc1ccc(S(=O)(=O)N(CC(=O)O)c2ccc(F)c(Cl)c2)cc1. The first kappa shape index (κ1) is 19.7. The molecule has 0 aliphatic heterocycles. The third-order valence-electron chi connectivity index (χ3n) is 3.23. The molecule has 0 saturated heterocycles. The zero-order valence-electron chi connectivity index (χ0n) is 13.4. The van der Waals surface area contributed by atoms with Crippen LogP contribution in [0.2, 0.25) is 5.02 Å². The zero-order chi connectivity index (χ0) is 19.5. The number of sulfonamides is 1. The van der Waals surface area contributed by atoms with Gasteiger partial charge in [-0.2, -0.15) is 0 Å². The topological polar surface area (TPSA) is 104 Å². The number of nitrogens with zero attached hydrogens (tertiary/aromatic N) is 1. The maximum atomic E-state index is 13.3. The molecule has 0 heterocycles. The van der Waals surface area contributed by atoms with E-state index in [-0.39, 0.29) is 21.5 Å². The van der Waals surface area contributed by atoms with Gasteiger partial charge in [0.2, 0.25) is 5.91 Å². The normalized spacial score (nSPS) is 11.0. The number of nitrogens with one attached hydrogen (secondary N) is 1. The van der Waals surface area contributed by atoms with Crippen molar-refractivity contribution in [2.45, 2.75) is 11.8 Å². The fraction of sp³-hybridized carbons (Fsp3) is 0.125. The number of carboxylic acids is 1. The summed E-state index contributed by atoms with van der Waals surface area (Å²) in [5.74, 6) is -2.49. The molecule has 0 aromatic heterocycles. The van der Waals surface area contributed by atoms with Crippen LogP contribution in [0.25, 0.3) is 0 Å². The summed E-state index contributed by atoms with van der Waals surface area (Å²) >= 11 is 5.68. The fourth-order valence-electron chi connectivity index (χ4n) is 2.12. The van der Waals surface area contributed by atoms with Crippen LogP contribution in [0, 0.1) is 5.82 Å². The second kappa shape index (κ2) is 7.71. The molecule has 0 bridgehead atoms. The Bertz CT molecular complexity index is 948. The van der Waals surface area contributed by atoms with Crippen molar-refractivity contribution in [1.82, 2.24) is 0 Å². The van der Waals surface area contributed by atoms with Gasteiger partial charge in [-0.05, 0) is 42.5 Å². The smallest absolute Gasteiger partial charge is 0.324 e. The lowest BCUT2D eigenvalue weighted by Crippen LogP contribution is -2.35. The van der Waals surface area contributed by atoms with Crippen LogP contribution in [0.3, 0.4) is 0 Å². The Morgan fingerprint density at radius 2 is 1.81 bits per heavy atom. The molecule has 0 unspecified atom stereocenters. The van der Waals surface area contributed by atoms with Gasteiger partial charge in [-0.1, -0.05) is 11.6 Å². The molecule has 0 radical (unpaired) electrons. The van der Waals surface area contributed by atoms with E-state index in [0.717, 1.165) is 18.2 Å². The molecule has 0 fully saturated rings. The summed E-state index contributed by atoms with van der Waals surface area (Å²) in [6.07, 6.45) is 0. The predicted molar refractivity (Wildman–Crippen MR) is 94.3 cm³/mol. The molecule has 138 valence electrons. The minimum atomic E-state index is -4.27. The Labute approximate surface area is 154 Å². The van der Waals surface area contributed by atoms with Crippen molar-refractivity contribution in [3.05, 3.63) is 53.3 Å². The molecule has 2 rings (SSSR count). The second-order valence-electron chi connectivity index (χ2n) is 5.21. The Morgan fingerprint density at radius 1 is 1.19 bits per heavy atom. The number of benzene rings is 2. The molecule has 26 heavy (non-hydrogen) atoms. The van der Waals surface area contributed by atoms with Crippen molar-refractivity contribution in [1.29, 1.82) is 0 Å². The van der Waals surface area contributed by atoms with Gasteiger partial charge in [-0.15, -0.1) is 0 Å². The fourth-order valence-corrected chi connectivity index (χ4v) is 3.70. The molecule has 0 aliphatic carbocycles. The largest absolute Gasteiger partial charge is 0.480 e. The van der Waals surface area contributed by atoms with Gasteiger partial charge in [0.25, 0.3) is 10.0 Å². The quantitative estimate of drug-likeness (QED) is 0.775. The molecule has 0 spiro atoms. The number of halogens is 2. The van der Waals surface area contributed by atoms with Gasteiger partial charge in [0.1, 0.15) is 12.4 Å². The van der Waals surface area contributed by atoms with Crippen molar-refractivity contribution in [3.8, 4) is 0 Å². The van der Waals surface area contributed by atoms with Gasteiger partial charge in [0, 0.05) is 12.6 Å². The predicted octanol–water partition coefficient (Wildman–Crippen LogP) is 2.72. The van der Waals surface area contributed by atoms with Gasteiger partial charge >= 0.3 is 5.97 Å². The van der Waals surface area contributed by atoms with E-state index in [1.807, 2.05) is 0 Å². The lowest BCUT2D eigenvalue weighted by molar-refractivity contribution is -0.135. The van der Waals surface area contributed by atoms with E-state index in [4.69, 9.17) is 16.7 Å². The van der Waals surface area contributed by atoms with Crippen LogP contribution < -0.4 is 9.62 Å². The van der Waals surface area contributed by atoms with Crippen LogP contribution in [0.5, 0.6) is 0 Å². The Morgan fingerprint density at radius 3 is 2.31 bits per heavy atom. The number of rotatable bonds is 6. The Balaban J connectivity index is 2.46. The van der Waals surface area contributed by atoms with Crippen molar-refractivity contribution in [3.63, 3.8) is 0 Å².